The summed E-state index contributed by atoms with van der Waals surface area (Å²) in [7, 11) is -1.46. The third-order valence-corrected chi connectivity index (χ3v) is 8.36. The Balaban J connectivity index is 1.57. The second kappa shape index (κ2) is 10.6. The van der Waals surface area contributed by atoms with Gasteiger partial charge in [0.05, 0.1) is 22.6 Å². The molecule has 0 radical (unpaired) electrons. The molecular formula is C27H27ClFN7O4S. The van der Waals surface area contributed by atoms with Crippen LogP contribution in [0.3, 0.4) is 0 Å². The van der Waals surface area contributed by atoms with Gasteiger partial charge in [0, 0.05) is 32.7 Å². The normalized spacial score (nSPS) is 13.7. The van der Waals surface area contributed by atoms with Gasteiger partial charge in [-0.3, -0.25) is 9.36 Å². The van der Waals surface area contributed by atoms with Crippen molar-refractivity contribution in [3.05, 3.63) is 86.0 Å². The van der Waals surface area contributed by atoms with Crippen LogP contribution >= 0.6 is 11.6 Å². The summed E-state index contributed by atoms with van der Waals surface area (Å²) in [6.07, 6.45) is 0. The summed E-state index contributed by atoms with van der Waals surface area (Å²) in [5.74, 6) is 0.0924. The van der Waals surface area contributed by atoms with E-state index in [1.165, 1.54) is 35.9 Å². The number of hydrogen-bond donors (Lipinski definition) is 3. The second-order valence-corrected chi connectivity index (χ2v) is 11.8. The number of pyridine rings is 1. The Morgan fingerprint density at radius 1 is 1.10 bits per heavy atom. The molecule has 5 rings (SSSR count). The van der Waals surface area contributed by atoms with Crippen LogP contribution in [-0.2, 0) is 30.2 Å². The third-order valence-electron chi connectivity index (χ3n) is 6.88. The zero-order valence-electron chi connectivity index (χ0n) is 22.6. The number of carbonyl (C=O) groups excluding carboxylic acids is 1. The molecule has 0 unspecified atom stereocenters. The number of aryl methyl sites for hydroxylation is 1. The van der Waals surface area contributed by atoms with Crippen LogP contribution in [0.25, 0.3) is 10.9 Å². The Labute approximate surface area is 240 Å². The zero-order valence-corrected chi connectivity index (χ0v) is 24.2. The first-order valence-electron chi connectivity index (χ1n) is 12.6. The van der Waals surface area contributed by atoms with Gasteiger partial charge in [0.25, 0.3) is 15.6 Å². The number of nitrogens with zero attached hydrogens (tertiary/aromatic N) is 4. The highest BCUT2D eigenvalue weighted by Crippen LogP contribution is 2.32. The minimum Gasteiger partial charge on any atom is -0.376 e. The highest BCUT2D eigenvalue weighted by Gasteiger charge is 2.27. The highest BCUT2D eigenvalue weighted by molar-refractivity contribution is 7.90. The van der Waals surface area contributed by atoms with Crippen molar-refractivity contribution >= 4 is 50.2 Å². The fraction of sp³-hybridized carbons (Fsp3) is 0.259. The molecule has 2 aromatic heterocycles. The van der Waals surface area contributed by atoms with Crippen molar-refractivity contribution in [1.82, 2.24) is 24.6 Å². The number of nitrogens with one attached hydrogen (secondary N) is 3. The standard InChI is InChI=1S/C27H27ClFN7O4S/c1-14-9-19(15(2)31-21-7-8-22(28)32-24(21)41(39,40)34-26(38)30-3)23-20(10-14)25(37)35(4)27(33-23)36-12-16-5-6-18(29)11-17(16)13-36/h5-11,15,31H,12-13H2,1-4H3,(H2,30,34,38)/t15-/m1/s1. The van der Waals surface area contributed by atoms with Crippen molar-refractivity contribution in [2.75, 3.05) is 17.3 Å². The minimum absolute atomic E-state index is 0.0808. The maximum absolute atomic E-state index is 13.8. The average molecular weight is 600 g/mol. The minimum atomic E-state index is -4.39. The largest absolute Gasteiger partial charge is 0.376 e. The molecule has 3 heterocycles. The van der Waals surface area contributed by atoms with E-state index in [1.807, 2.05) is 22.6 Å². The van der Waals surface area contributed by atoms with Gasteiger partial charge in [0.2, 0.25) is 11.0 Å². The number of fused-ring (bicyclic) bond motifs is 2. The van der Waals surface area contributed by atoms with E-state index in [4.69, 9.17) is 16.6 Å². The topological polar surface area (TPSA) is 138 Å². The summed E-state index contributed by atoms with van der Waals surface area (Å²) in [6, 6.07) is 9.62. The molecule has 0 saturated heterocycles. The molecule has 1 aliphatic rings. The summed E-state index contributed by atoms with van der Waals surface area (Å²) < 4.78 is 43.1. The summed E-state index contributed by atoms with van der Waals surface area (Å²) >= 11 is 6.00. The van der Waals surface area contributed by atoms with Crippen molar-refractivity contribution in [2.24, 2.45) is 7.05 Å². The van der Waals surface area contributed by atoms with Crippen molar-refractivity contribution < 1.29 is 17.6 Å². The molecule has 41 heavy (non-hydrogen) atoms. The van der Waals surface area contributed by atoms with E-state index in [-0.39, 0.29) is 22.2 Å². The van der Waals surface area contributed by atoms with Crippen molar-refractivity contribution in [3.63, 3.8) is 0 Å². The number of carbonyl (C=O) groups is 1. The van der Waals surface area contributed by atoms with Gasteiger partial charge in [0.15, 0.2) is 0 Å². The van der Waals surface area contributed by atoms with Crippen LogP contribution in [0, 0.1) is 12.7 Å². The van der Waals surface area contributed by atoms with Crippen LogP contribution in [0.2, 0.25) is 5.15 Å². The van der Waals surface area contributed by atoms with Crippen molar-refractivity contribution in [1.29, 1.82) is 0 Å². The molecule has 1 aliphatic heterocycles. The zero-order chi connectivity index (χ0) is 29.6. The fourth-order valence-corrected chi connectivity index (χ4v) is 6.20. The molecule has 14 heteroatoms. The molecule has 0 aliphatic carbocycles. The lowest BCUT2D eigenvalue weighted by Crippen LogP contribution is -2.38. The number of anilines is 2. The molecule has 0 saturated carbocycles. The van der Waals surface area contributed by atoms with E-state index in [1.54, 1.807) is 26.1 Å². The summed E-state index contributed by atoms with van der Waals surface area (Å²) in [5.41, 5.74) is 3.50. The predicted octanol–water partition coefficient (Wildman–Crippen LogP) is 3.74. The van der Waals surface area contributed by atoms with Crippen LogP contribution in [0.15, 0.2) is 52.3 Å². The van der Waals surface area contributed by atoms with Crippen LogP contribution in [0.5, 0.6) is 0 Å². The van der Waals surface area contributed by atoms with Crippen molar-refractivity contribution in [2.45, 2.75) is 38.0 Å². The first kappa shape index (κ1) is 28.3. The van der Waals surface area contributed by atoms with Crippen LogP contribution < -0.4 is 25.8 Å². The summed E-state index contributed by atoms with van der Waals surface area (Å²) in [5, 5.41) is 5.18. The number of rotatable bonds is 6. The van der Waals surface area contributed by atoms with E-state index in [0.29, 0.717) is 35.5 Å². The van der Waals surface area contributed by atoms with E-state index in [0.717, 1.165) is 16.7 Å². The number of amides is 2. The summed E-state index contributed by atoms with van der Waals surface area (Å²) in [4.78, 5) is 36.1. The quantitative estimate of drug-likeness (QED) is 0.285. The lowest BCUT2D eigenvalue weighted by atomic mass is 10.0. The highest BCUT2D eigenvalue weighted by atomic mass is 35.5. The maximum atomic E-state index is 13.8. The van der Waals surface area contributed by atoms with Gasteiger partial charge in [-0.25, -0.2) is 23.9 Å². The van der Waals surface area contributed by atoms with E-state index >= 15 is 0 Å². The van der Waals surface area contributed by atoms with Crippen LogP contribution in [0.4, 0.5) is 20.8 Å². The number of aromatic nitrogens is 3. The van der Waals surface area contributed by atoms with Gasteiger partial charge < -0.3 is 15.5 Å². The Hall–Kier alpha value is -4.23. The lowest BCUT2D eigenvalue weighted by molar-refractivity contribution is 0.247. The molecular weight excluding hydrogens is 573 g/mol. The second-order valence-electron chi connectivity index (χ2n) is 9.83. The number of hydrogen-bond acceptors (Lipinski definition) is 8. The van der Waals surface area contributed by atoms with E-state index in [9.17, 15) is 22.4 Å². The lowest BCUT2D eigenvalue weighted by Gasteiger charge is -2.23. The predicted molar refractivity (Wildman–Crippen MR) is 154 cm³/mol. The first-order valence-corrected chi connectivity index (χ1v) is 14.4. The average Bonchev–Trinajstić information content (AvgIpc) is 3.34. The number of urea groups is 1. The number of benzene rings is 2. The Morgan fingerprint density at radius 2 is 1.83 bits per heavy atom. The molecule has 2 aromatic carbocycles. The van der Waals surface area contributed by atoms with E-state index < -0.39 is 27.1 Å². The molecule has 0 spiro atoms. The fourth-order valence-electron chi connectivity index (χ4n) is 4.92. The van der Waals surface area contributed by atoms with Gasteiger partial charge in [-0.1, -0.05) is 23.7 Å². The molecule has 214 valence electrons. The monoisotopic (exact) mass is 599 g/mol. The number of halogens is 2. The SMILES string of the molecule is CNC(=O)NS(=O)(=O)c1nc(Cl)ccc1N[C@H](C)c1cc(C)cc2c(=O)n(C)c(N3Cc4ccc(F)cc4C3)nc12. The van der Waals surface area contributed by atoms with Gasteiger partial charge in [-0.15, -0.1) is 0 Å². The molecule has 1 atom stereocenters. The van der Waals surface area contributed by atoms with Gasteiger partial charge in [-0.2, -0.15) is 8.42 Å². The smallest absolute Gasteiger partial charge is 0.328 e. The van der Waals surface area contributed by atoms with Gasteiger partial charge in [0.1, 0.15) is 11.0 Å². The van der Waals surface area contributed by atoms with Gasteiger partial charge >= 0.3 is 6.03 Å². The Kier molecular flexibility index (Phi) is 7.34. The maximum Gasteiger partial charge on any atom is 0.328 e. The Morgan fingerprint density at radius 3 is 2.56 bits per heavy atom. The Bertz CT molecular complexity index is 1880. The van der Waals surface area contributed by atoms with Crippen LogP contribution in [0.1, 0.15) is 35.2 Å². The number of sulfonamides is 1. The van der Waals surface area contributed by atoms with Crippen molar-refractivity contribution in [3.8, 4) is 0 Å². The molecule has 0 fully saturated rings. The molecule has 0 bridgehead atoms. The molecule has 4 aromatic rings. The molecule has 3 N–H and O–H groups in total. The summed E-state index contributed by atoms with van der Waals surface area (Å²) in [6.45, 7) is 4.50. The third kappa shape index (κ3) is 5.42. The molecule has 11 nitrogen and oxygen atoms in total. The van der Waals surface area contributed by atoms with Crippen LogP contribution in [-0.4, -0.2) is 36.0 Å². The van der Waals surface area contributed by atoms with E-state index in [2.05, 4.69) is 15.6 Å². The molecule has 2 amide bonds. The first-order chi connectivity index (χ1) is 19.4. The van der Waals surface area contributed by atoms with Gasteiger partial charge in [-0.05, 0) is 60.9 Å².